The van der Waals surface area contributed by atoms with Crippen LogP contribution < -0.4 is 5.32 Å². The van der Waals surface area contributed by atoms with Gasteiger partial charge in [0.05, 0.1) is 5.69 Å². The zero-order valence-electron chi connectivity index (χ0n) is 12.6. The van der Waals surface area contributed by atoms with Crippen LogP contribution in [0.4, 0.5) is 5.13 Å². The van der Waals surface area contributed by atoms with Gasteiger partial charge >= 0.3 is 0 Å². The first-order valence-corrected chi connectivity index (χ1v) is 7.64. The van der Waals surface area contributed by atoms with Crippen LogP contribution in [0.1, 0.15) is 19.4 Å². The summed E-state index contributed by atoms with van der Waals surface area (Å²) in [5.74, 6) is 0.775. The number of nitrogens with zero attached hydrogens (tertiary/aromatic N) is 2. The maximum atomic E-state index is 4.60. The highest BCUT2D eigenvalue weighted by atomic mass is 32.1. The molecule has 0 atom stereocenters. The molecule has 2 rings (SSSR count). The van der Waals surface area contributed by atoms with E-state index in [-0.39, 0.29) is 0 Å². The Balaban J connectivity index is 2.16. The van der Waals surface area contributed by atoms with Crippen LogP contribution in [0.15, 0.2) is 59.2 Å². The van der Waals surface area contributed by atoms with Gasteiger partial charge in [-0.15, -0.1) is 11.3 Å². The first-order valence-electron chi connectivity index (χ1n) is 6.76. The smallest absolute Gasteiger partial charge is 0.188 e. The molecule has 0 aliphatic heterocycles. The second-order valence-electron chi connectivity index (χ2n) is 4.66. The first-order chi connectivity index (χ1) is 10.1. The number of aromatic nitrogens is 1. The van der Waals surface area contributed by atoms with E-state index in [2.05, 4.69) is 53.1 Å². The minimum Gasteiger partial charge on any atom is -0.316 e. The third-order valence-electron chi connectivity index (χ3n) is 2.95. The van der Waals surface area contributed by atoms with E-state index < -0.39 is 0 Å². The Kier molecular flexibility index (Phi) is 5.06. The van der Waals surface area contributed by atoms with E-state index in [1.165, 1.54) is 5.56 Å². The number of hydrogen-bond acceptors (Lipinski definition) is 4. The third-order valence-corrected chi connectivity index (χ3v) is 3.71. The summed E-state index contributed by atoms with van der Waals surface area (Å²) in [6, 6.07) is 8.36. The van der Waals surface area contributed by atoms with Crippen LogP contribution >= 0.6 is 11.3 Å². The lowest BCUT2D eigenvalue weighted by Crippen LogP contribution is -1.98. The molecule has 0 bridgehead atoms. The first kappa shape index (κ1) is 15.2. The zero-order chi connectivity index (χ0) is 15.2. The molecule has 1 aromatic heterocycles. The van der Waals surface area contributed by atoms with E-state index in [1.54, 1.807) is 17.4 Å². The Labute approximate surface area is 129 Å². The Morgan fingerprint density at radius 3 is 2.67 bits per heavy atom. The topological polar surface area (TPSA) is 37.3 Å². The Morgan fingerprint density at radius 1 is 1.33 bits per heavy atom. The summed E-state index contributed by atoms with van der Waals surface area (Å²) in [6.07, 6.45) is 3.64. The van der Waals surface area contributed by atoms with Crippen molar-refractivity contribution >= 4 is 22.2 Å². The van der Waals surface area contributed by atoms with E-state index in [9.17, 15) is 0 Å². The van der Waals surface area contributed by atoms with Gasteiger partial charge in [-0.3, -0.25) is 0 Å². The van der Waals surface area contributed by atoms with Gasteiger partial charge in [0.25, 0.3) is 0 Å². The van der Waals surface area contributed by atoms with Gasteiger partial charge in [0.2, 0.25) is 0 Å². The highest BCUT2D eigenvalue weighted by molar-refractivity contribution is 7.14. The molecule has 0 unspecified atom stereocenters. The van der Waals surface area contributed by atoms with E-state index in [4.69, 9.17) is 0 Å². The van der Waals surface area contributed by atoms with Crippen molar-refractivity contribution in [1.29, 1.82) is 0 Å². The quantitative estimate of drug-likeness (QED) is 0.785. The van der Waals surface area contributed by atoms with E-state index in [1.807, 2.05) is 25.3 Å². The Morgan fingerprint density at radius 2 is 2.05 bits per heavy atom. The Hall–Kier alpha value is -2.20. The number of nitrogens with one attached hydrogen (secondary N) is 1. The lowest BCUT2D eigenvalue weighted by molar-refractivity contribution is 1.25. The maximum absolute atomic E-state index is 4.60. The molecule has 1 N–H and O–H groups in total. The summed E-state index contributed by atoms with van der Waals surface area (Å²) in [7, 11) is 0. The van der Waals surface area contributed by atoms with Crippen LogP contribution in [0.5, 0.6) is 0 Å². The van der Waals surface area contributed by atoms with Gasteiger partial charge in [-0.05, 0) is 32.9 Å². The molecule has 21 heavy (non-hydrogen) atoms. The molecule has 0 radical (unpaired) electrons. The molecule has 0 amide bonds. The van der Waals surface area contributed by atoms with Crippen molar-refractivity contribution in [2.45, 2.75) is 20.8 Å². The van der Waals surface area contributed by atoms with Crippen molar-refractivity contribution in [2.24, 2.45) is 4.99 Å². The van der Waals surface area contributed by atoms with E-state index >= 15 is 0 Å². The molecular formula is C17H19N3S. The number of thiazole rings is 1. The van der Waals surface area contributed by atoms with Gasteiger partial charge in [0.1, 0.15) is 5.82 Å². The molecule has 2 aromatic rings. The summed E-state index contributed by atoms with van der Waals surface area (Å²) in [5.41, 5.74) is 4.21. The average molecular weight is 297 g/mol. The van der Waals surface area contributed by atoms with Gasteiger partial charge < -0.3 is 5.32 Å². The molecule has 0 spiro atoms. The normalized spacial score (nSPS) is 12.3. The molecular weight excluding hydrogens is 278 g/mol. The summed E-state index contributed by atoms with van der Waals surface area (Å²) in [4.78, 5) is 9.02. The molecule has 0 saturated carbocycles. The lowest BCUT2D eigenvalue weighted by atomic mass is 10.1. The van der Waals surface area contributed by atoms with Gasteiger partial charge in [-0.25, -0.2) is 9.98 Å². The molecule has 3 nitrogen and oxygen atoms in total. The molecule has 0 aliphatic carbocycles. The molecule has 0 aliphatic rings. The van der Waals surface area contributed by atoms with Crippen molar-refractivity contribution in [3.63, 3.8) is 0 Å². The number of hydrogen-bond donors (Lipinski definition) is 1. The summed E-state index contributed by atoms with van der Waals surface area (Å²) < 4.78 is 0. The minimum atomic E-state index is 0.775. The molecule has 1 heterocycles. The fourth-order valence-electron chi connectivity index (χ4n) is 1.70. The van der Waals surface area contributed by atoms with Crippen LogP contribution in [0.25, 0.3) is 11.3 Å². The van der Waals surface area contributed by atoms with Crippen LogP contribution in [0, 0.1) is 6.92 Å². The zero-order valence-corrected chi connectivity index (χ0v) is 13.4. The third kappa shape index (κ3) is 4.13. The number of aryl methyl sites for hydroxylation is 1. The number of rotatable bonds is 5. The summed E-state index contributed by atoms with van der Waals surface area (Å²) in [6.45, 7) is 9.64. The van der Waals surface area contributed by atoms with Crippen molar-refractivity contribution in [3.8, 4) is 11.3 Å². The molecule has 108 valence electrons. The van der Waals surface area contributed by atoms with Crippen LogP contribution in [-0.2, 0) is 0 Å². The fourth-order valence-corrected chi connectivity index (χ4v) is 2.42. The van der Waals surface area contributed by atoms with Crippen molar-refractivity contribution < 1.29 is 0 Å². The van der Waals surface area contributed by atoms with Gasteiger partial charge in [-0.1, -0.05) is 36.4 Å². The molecule has 4 heteroatoms. The summed E-state index contributed by atoms with van der Waals surface area (Å²) >= 11 is 1.57. The number of anilines is 1. The standard InChI is InChI=1S/C17H19N3S/c1-5-13(4)18-16(6-2)20-17-19-15(11-21-17)14-9-7-12(3)8-10-14/h5-11H,1H2,2-4H3,(H,19,20)/b16-6+,18-13-. The van der Waals surface area contributed by atoms with Crippen LogP contribution in [0.3, 0.4) is 0 Å². The van der Waals surface area contributed by atoms with Gasteiger partial charge in [-0.2, -0.15) is 0 Å². The van der Waals surface area contributed by atoms with E-state index in [0.29, 0.717) is 0 Å². The van der Waals surface area contributed by atoms with Crippen LogP contribution in [-0.4, -0.2) is 10.7 Å². The second kappa shape index (κ2) is 6.99. The Bertz CT molecular complexity index is 678. The number of allylic oxidation sites excluding steroid dienone is 2. The van der Waals surface area contributed by atoms with Gasteiger partial charge in [0.15, 0.2) is 5.13 Å². The lowest BCUT2D eigenvalue weighted by Gasteiger charge is -2.03. The second-order valence-corrected chi connectivity index (χ2v) is 5.52. The summed E-state index contributed by atoms with van der Waals surface area (Å²) in [5, 5.41) is 6.11. The number of aliphatic imine (C=N–C) groups is 1. The minimum absolute atomic E-state index is 0.775. The number of benzene rings is 1. The molecule has 0 saturated heterocycles. The SMILES string of the molecule is C=C/C(C)=N\C(=C/C)Nc1nc(-c2ccc(C)cc2)cs1. The monoisotopic (exact) mass is 297 g/mol. The average Bonchev–Trinajstić information content (AvgIpc) is 2.95. The largest absolute Gasteiger partial charge is 0.316 e. The maximum Gasteiger partial charge on any atom is 0.188 e. The van der Waals surface area contributed by atoms with Crippen molar-refractivity contribution in [3.05, 3.63) is 59.8 Å². The highest BCUT2D eigenvalue weighted by Gasteiger charge is 2.05. The van der Waals surface area contributed by atoms with Crippen molar-refractivity contribution in [1.82, 2.24) is 4.98 Å². The molecule has 0 fully saturated rings. The highest BCUT2D eigenvalue weighted by Crippen LogP contribution is 2.26. The predicted octanol–water partition coefficient (Wildman–Crippen LogP) is 5.04. The predicted molar refractivity (Wildman–Crippen MR) is 93.0 cm³/mol. The van der Waals surface area contributed by atoms with Crippen molar-refractivity contribution in [2.75, 3.05) is 5.32 Å². The molecule has 1 aromatic carbocycles. The van der Waals surface area contributed by atoms with Crippen LogP contribution in [0.2, 0.25) is 0 Å². The van der Waals surface area contributed by atoms with E-state index in [0.717, 1.165) is 27.9 Å². The fraction of sp³-hybridized carbons (Fsp3) is 0.176. The van der Waals surface area contributed by atoms with Gasteiger partial charge in [0, 0.05) is 16.7 Å².